The standard InChI is InChI=1S/C23H22N6O5S/c1-3-23(31)25-22-14-19(24-15(2)30)10-13-21(22)29-28-17-6-4-16(5-7-17)26-27-18-8-11-20(12-9-18)35(32,33)34/h4-14H,3H2,1-2H3,(H,24,30)(H,25,31)(H,32,33,34). The molecule has 3 N–H and O–H groups in total. The van der Waals surface area contributed by atoms with Gasteiger partial charge in [-0.1, -0.05) is 6.92 Å². The molecule has 0 saturated carbocycles. The Hall–Kier alpha value is -4.29. The van der Waals surface area contributed by atoms with E-state index in [9.17, 15) is 18.0 Å². The molecule has 3 aromatic rings. The maximum Gasteiger partial charge on any atom is 0.294 e. The third-order valence-electron chi connectivity index (χ3n) is 4.45. The first-order valence-electron chi connectivity index (χ1n) is 10.4. The Morgan fingerprint density at radius 3 is 1.80 bits per heavy atom. The van der Waals surface area contributed by atoms with Crippen LogP contribution in [0.4, 0.5) is 34.1 Å². The van der Waals surface area contributed by atoms with Gasteiger partial charge in [0.2, 0.25) is 11.8 Å². The number of nitrogens with zero attached hydrogens (tertiary/aromatic N) is 4. The molecule has 0 saturated heterocycles. The van der Waals surface area contributed by atoms with Crippen LogP contribution < -0.4 is 10.6 Å². The highest BCUT2D eigenvalue weighted by Gasteiger charge is 2.09. The van der Waals surface area contributed by atoms with Crippen LogP contribution in [0.15, 0.2) is 92.1 Å². The highest BCUT2D eigenvalue weighted by Crippen LogP contribution is 2.31. The molecule has 0 spiro atoms. The van der Waals surface area contributed by atoms with Gasteiger partial charge >= 0.3 is 0 Å². The van der Waals surface area contributed by atoms with E-state index >= 15 is 0 Å². The monoisotopic (exact) mass is 494 g/mol. The number of hydrogen-bond acceptors (Lipinski definition) is 8. The number of carbonyl (C=O) groups is 2. The Morgan fingerprint density at radius 2 is 1.31 bits per heavy atom. The highest BCUT2D eigenvalue weighted by atomic mass is 32.2. The van der Waals surface area contributed by atoms with Crippen molar-refractivity contribution in [3.8, 4) is 0 Å². The van der Waals surface area contributed by atoms with Gasteiger partial charge in [-0.15, -0.1) is 5.11 Å². The largest absolute Gasteiger partial charge is 0.326 e. The zero-order chi connectivity index (χ0) is 25.4. The summed E-state index contributed by atoms with van der Waals surface area (Å²) in [6.45, 7) is 3.11. The summed E-state index contributed by atoms with van der Waals surface area (Å²) >= 11 is 0. The van der Waals surface area contributed by atoms with Gasteiger partial charge in [-0.05, 0) is 66.7 Å². The fourth-order valence-corrected chi connectivity index (χ4v) is 3.22. The summed E-state index contributed by atoms with van der Waals surface area (Å²) in [5.41, 5.74) is 2.81. The number of azo groups is 2. The van der Waals surface area contributed by atoms with Gasteiger partial charge in [0.1, 0.15) is 5.69 Å². The van der Waals surface area contributed by atoms with Crippen molar-refractivity contribution in [1.82, 2.24) is 0 Å². The second-order valence-corrected chi connectivity index (χ2v) is 8.62. The molecule has 3 rings (SSSR count). The van der Waals surface area contributed by atoms with E-state index in [1.165, 1.54) is 31.2 Å². The van der Waals surface area contributed by atoms with Crippen LogP contribution in [0, 0.1) is 0 Å². The summed E-state index contributed by atoms with van der Waals surface area (Å²) in [5, 5.41) is 21.9. The molecule has 0 fully saturated rings. The molecule has 0 unspecified atom stereocenters. The predicted octanol–water partition coefficient (Wildman–Crippen LogP) is 6.07. The number of amides is 2. The van der Waals surface area contributed by atoms with Crippen molar-refractivity contribution < 1.29 is 22.6 Å². The van der Waals surface area contributed by atoms with E-state index in [0.29, 0.717) is 34.1 Å². The van der Waals surface area contributed by atoms with Crippen LogP contribution in [-0.2, 0) is 19.7 Å². The van der Waals surface area contributed by atoms with Gasteiger partial charge < -0.3 is 10.6 Å². The van der Waals surface area contributed by atoms with E-state index in [-0.39, 0.29) is 23.1 Å². The first kappa shape index (κ1) is 25.3. The number of anilines is 2. The van der Waals surface area contributed by atoms with Crippen molar-refractivity contribution in [2.24, 2.45) is 20.5 Å². The molecular formula is C23H22N6O5S. The van der Waals surface area contributed by atoms with E-state index in [1.807, 2.05) is 0 Å². The summed E-state index contributed by atoms with van der Waals surface area (Å²) in [4.78, 5) is 23.0. The molecule has 0 aliphatic rings. The van der Waals surface area contributed by atoms with Gasteiger partial charge in [0.05, 0.1) is 27.6 Å². The first-order valence-corrected chi connectivity index (χ1v) is 11.8. The quantitative estimate of drug-likeness (QED) is 0.255. The molecule has 0 heterocycles. The van der Waals surface area contributed by atoms with Crippen molar-refractivity contribution in [2.75, 3.05) is 10.6 Å². The first-order chi connectivity index (χ1) is 16.6. The molecule has 180 valence electrons. The minimum Gasteiger partial charge on any atom is -0.326 e. The lowest BCUT2D eigenvalue weighted by atomic mass is 10.2. The second kappa shape index (κ2) is 11.2. The SMILES string of the molecule is CCC(=O)Nc1cc(NC(C)=O)ccc1N=Nc1ccc(N=Nc2ccc(S(=O)(=O)O)cc2)cc1. The molecule has 35 heavy (non-hydrogen) atoms. The second-order valence-electron chi connectivity index (χ2n) is 7.20. The van der Waals surface area contributed by atoms with Gasteiger partial charge in [0.15, 0.2) is 0 Å². The normalized spacial score (nSPS) is 11.6. The lowest BCUT2D eigenvalue weighted by molar-refractivity contribution is -0.116. The summed E-state index contributed by atoms with van der Waals surface area (Å²) < 4.78 is 31.2. The van der Waals surface area contributed by atoms with Crippen molar-refractivity contribution in [2.45, 2.75) is 25.2 Å². The van der Waals surface area contributed by atoms with Crippen LogP contribution in [0.3, 0.4) is 0 Å². The number of hydrogen-bond donors (Lipinski definition) is 3. The molecule has 11 nitrogen and oxygen atoms in total. The van der Waals surface area contributed by atoms with Crippen molar-refractivity contribution in [1.29, 1.82) is 0 Å². The minimum absolute atomic E-state index is 0.205. The Labute approximate surface area is 201 Å². The number of rotatable bonds is 8. The summed E-state index contributed by atoms with van der Waals surface area (Å²) in [6.07, 6.45) is 0.279. The molecule has 0 atom stereocenters. The van der Waals surface area contributed by atoms with Crippen LogP contribution in [0.5, 0.6) is 0 Å². The van der Waals surface area contributed by atoms with Crippen LogP contribution in [0.1, 0.15) is 20.3 Å². The average Bonchev–Trinajstić information content (AvgIpc) is 2.82. The number of nitrogens with one attached hydrogen (secondary N) is 2. The third kappa shape index (κ3) is 7.62. The van der Waals surface area contributed by atoms with Gasteiger partial charge in [-0.3, -0.25) is 14.1 Å². The Morgan fingerprint density at radius 1 is 0.800 bits per heavy atom. The number of carbonyl (C=O) groups excluding carboxylic acids is 2. The Bertz CT molecular complexity index is 1380. The molecule has 12 heteroatoms. The van der Waals surface area contributed by atoms with Gasteiger partial charge in [0, 0.05) is 19.0 Å². The maximum absolute atomic E-state index is 11.9. The van der Waals surface area contributed by atoms with Crippen molar-refractivity contribution >= 4 is 56.1 Å². The van der Waals surface area contributed by atoms with Gasteiger partial charge in [-0.2, -0.15) is 23.8 Å². The van der Waals surface area contributed by atoms with Gasteiger partial charge in [0.25, 0.3) is 10.1 Å². The zero-order valence-corrected chi connectivity index (χ0v) is 19.7. The Kier molecular flexibility index (Phi) is 8.12. The van der Waals surface area contributed by atoms with E-state index in [2.05, 4.69) is 31.1 Å². The fourth-order valence-electron chi connectivity index (χ4n) is 2.74. The van der Waals surface area contributed by atoms with Crippen LogP contribution in [-0.4, -0.2) is 24.8 Å². The van der Waals surface area contributed by atoms with E-state index in [4.69, 9.17) is 4.55 Å². The van der Waals surface area contributed by atoms with Crippen LogP contribution in [0.25, 0.3) is 0 Å². The van der Waals surface area contributed by atoms with E-state index < -0.39 is 10.1 Å². The smallest absolute Gasteiger partial charge is 0.294 e. The van der Waals surface area contributed by atoms with E-state index in [0.717, 1.165) is 0 Å². The zero-order valence-electron chi connectivity index (χ0n) is 18.8. The lowest BCUT2D eigenvalue weighted by Crippen LogP contribution is -2.11. The third-order valence-corrected chi connectivity index (χ3v) is 5.32. The summed E-state index contributed by atoms with van der Waals surface area (Å²) in [5.74, 6) is -0.441. The minimum atomic E-state index is -4.26. The molecule has 3 aromatic carbocycles. The maximum atomic E-state index is 11.9. The topological polar surface area (TPSA) is 162 Å². The highest BCUT2D eigenvalue weighted by molar-refractivity contribution is 7.85. The summed E-state index contributed by atoms with van der Waals surface area (Å²) in [7, 11) is -4.26. The van der Waals surface area contributed by atoms with Gasteiger partial charge in [-0.25, -0.2) is 0 Å². The summed E-state index contributed by atoms with van der Waals surface area (Å²) in [6, 6.07) is 16.9. The predicted molar refractivity (Wildman–Crippen MR) is 131 cm³/mol. The molecule has 0 bridgehead atoms. The average molecular weight is 495 g/mol. The molecule has 0 radical (unpaired) electrons. The van der Waals surface area contributed by atoms with Crippen LogP contribution in [0.2, 0.25) is 0 Å². The van der Waals surface area contributed by atoms with Crippen molar-refractivity contribution in [3.05, 3.63) is 66.7 Å². The number of benzene rings is 3. The molecular weight excluding hydrogens is 472 g/mol. The van der Waals surface area contributed by atoms with Crippen molar-refractivity contribution in [3.63, 3.8) is 0 Å². The molecule has 0 aliphatic carbocycles. The fraction of sp³-hybridized carbons (Fsp3) is 0.130. The Balaban J connectivity index is 1.73. The molecule has 0 aromatic heterocycles. The molecule has 2 amide bonds. The lowest BCUT2D eigenvalue weighted by Gasteiger charge is -2.09. The molecule has 0 aliphatic heterocycles. The van der Waals surface area contributed by atoms with E-state index in [1.54, 1.807) is 49.4 Å². The van der Waals surface area contributed by atoms with Crippen LogP contribution >= 0.6 is 0 Å².